The van der Waals surface area contributed by atoms with Crippen molar-refractivity contribution in [3.8, 4) is 5.75 Å². The zero-order valence-corrected chi connectivity index (χ0v) is 8.33. The van der Waals surface area contributed by atoms with Crippen LogP contribution in [0, 0.1) is 0 Å². The third kappa shape index (κ3) is 3.47. The van der Waals surface area contributed by atoms with Crippen LogP contribution >= 0.6 is 0 Å². The van der Waals surface area contributed by atoms with E-state index in [1.54, 1.807) is 12.1 Å². The lowest BCUT2D eigenvalue weighted by molar-refractivity contribution is 0.130. The van der Waals surface area contributed by atoms with Crippen LogP contribution in [0.5, 0.6) is 5.75 Å². The number of rotatable bonds is 2. The van der Waals surface area contributed by atoms with E-state index in [4.69, 9.17) is 4.74 Å². The molecule has 0 fully saturated rings. The van der Waals surface area contributed by atoms with Gasteiger partial charge in [0.05, 0.1) is 0 Å². The van der Waals surface area contributed by atoms with Crippen molar-refractivity contribution in [3.05, 3.63) is 29.8 Å². The van der Waals surface area contributed by atoms with Crippen LogP contribution in [0.2, 0.25) is 0 Å². The monoisotopic (exact) mass is 179 g/mol. The van der Waals surface area contributed by atoms with Crippen LogP contribution in [0.1, 0.15) is 26.3 Å². The molecule has 1 radical (unpaired) electrons. The molecular weight excluding hydrogens is 164 g/mol. The summed E-state index contributed by atoms with van der Waals surface area (Å²) in [4.78, 5) is 0. The SMILES string of the molecule is CC(C)(C)Oc1ccc(C[O])cc1. The first-order valence-corrected chi connectivity index (χ1v) is 4.37. The third-order valence-electron chi connectivity index (χ3n) is 1.51. The first-order chi connectivity index (χ1) is 6.01. The second kappa shape index (κ2) is 3.79. The Hall–Kier alpha value is -1.02. The molecule has 0 unspecified atom stereocenters. The Kier molecular flexibility index (Phi) is 2.94. The van der Waals surface area contributed by atoms with E-state index in [1.807, 2.05) is 32.9 Å². The van der Waals surface area contributed by atoms with Crippen molar-refractivity contribution in [2.24, 2.45) is 0 Å². The largest absolute Gasteiger partial charge is 0.488 e. The standard InChI is InChI=1S/C11H15O2/c1-11(2,3)13-10-6-4-9(8-12)5-7-10/h4-7H,8H2,1-3H3. The molecule has 1 aromatic rings. The fraction of sp³-hybridized carbons (Fsp3) is 0.455. The zero-order valence-electron chi connectivity index (χ0n) is 8.33. The molecule has 0 spiro atoms. The Morgan fingerprint density at radius 1 is 1.15 bits per heavy atom. The van der Waals surface area contributed by atoms with Crippen LogP contribution in [0.25, 0.3) is 0 Å². The number of hydrogen-bond acceptors (Lipinski definition) is 1. The van der Waals surface area contributed by atoms with Crippen LogP contribution in [-0.2, 0) is 11.7 Å². The average molecular weight is 179 g/mol. The van der Waals surface area contributed by atoms with Crippen LogP contribution in [0.15, 0.2) is 24.3 Å². The van der Waals surface area contributed by atoms with E-state index in [-0.39, 0.29) is 12.2 Å². The van der Waals surface area contributed by atoms with Gasteiger partial charge in [0.15, 0.2) is 0 Å². The van der Waals surface area contributed by atoms with Crippen molar-refractivity contribution >= 4 is 0 Å². The summed E-state index contributed by atoms with van der Waals surface area (Å²) in [7, 11) is 0. The lowest BCUT2D eigenvalue weighted by Gasteiger charge is -2.21. The Morgan fingerprint density at radius 2 is 1.69 bits per heavy atom. The molecule has 0 aliphatic carbocycles. The molecule has 2 nitrogen and oxygen atoms in total. The van der Waals surface area contributed by atoms with Gasteiger partial charge in [-0.3, -0.25) is 0 Å². The lowest BCUT2D eigenvalue weighted by Crippen LogP contribution is -2.22. The van der Waals surface area contributed by atoms with Crippen molar-refractivity contribution in [2.75, 3.05) is 0 Å². The van der Waals surface area contributed by atoms with Crippen molar-refractivity contribution in [1.29, 1.82) is 0 Å². The lowest BCUT2D eigenvalue weighted by atomic mass is 10.2. The first kappa shape index (κ1) is 10.1. The maximum Gasteiger partial charge on any atom is 0.120 e. The van der Waals surface area contributed by atoms with Gasteiger partial charge < -0.3 is 4.74 Å². The summed E-state index contributed by atoms with van der Waals surface area (Å²) < 4.78 is 5.60. The van der Waals surface area contributed by atoms with Gasteiger partial charge in [-0.15, -0.1) is 0 Å². The second-order valence-corrected chi connectivity index (χ2v) is 4.00. The molecule has 0 aromatic heterocycles. The van der Waals surface area contributed by atoms with Gasteiger partial charge in [-0.25, -0.2) is 5.11 Å². The minimum absolute atomic E-state index is 0.171. The summed E-state index contributed by atoms with van der Waals surface area (Å²) in [5.41, 5.74) is 0.611. The molecule has 0 saturated carbocycles. The van der Waals surface area contributed by atoms with Gasteiger partial charge in [0.1, 0.15) is 18.0 Å². The van der Waals surface area contributed by atoms with E-state index in [1.165, 1.54) is 0 Å². The molecule has 0 N–H and O–H groups in total. The highest BCUT2D eigenvalue weighted by Crippen LogP contribution is 2.18. The topological polar surface area (TPSA) is 29.1 Å². The van der Waals surface area contributed by atoms with Crippen LogP contribution in [0.4, 0.5) is 0 Å². The van der Waals surface area contributed by atoms with Gasteiger partial charge in [-0.05, 0) is 38.5 Å². The molecular formula is C11H15O2. The van der Waals surface area contributed by atoms with E-state index in [9.17, 15) is 5.11 Å². The van der Waals surface area contributed by atoms with Gasteiger partial charge >= 0.3 is 0 Å². The van der Waals surface area contributed by atoms with Gasteiger partial charge in [0, 0.05) is 0 Å². The van der Waals surface area contributed by atoms with E-state index >= 15 is 0 Å². The van der Waals surface area contributed by atoms with Crippen molar-refractivity contribution in [3.63, 3.8) is 0 Å². The van der Waals surface area contributed by atoms with Crippen molar-refractivity contribution in [1.82, 2.24) is 0 Å². The fourth-order valence-corrected chi connectivity index (χ4v) is 1.01. The predicted molar refractivity (Wildman–Crippen MR) is 51.2 cm³/mol. The number of ether oxygens (including phenoxy) is 1. The number of hydrogen-bond donors (Lipinski definition) is 0. The van der Waals surface area contributed by atoms with Gasteiger partial charge in [-0.1, -0.05) is 12.1 Å². The molecule has 0 bridgehead atoms. The highest BCUT2D eigenvalue weighted by Gasteiger charge is 2.10. The van der Waals surface area contributed by atoms with Crippen LogP contribution in [-0.4, -0.2) is 5.60 Å². The second-order valence-electron chi connectivity index (χ2n) is 4.00. The summed E-state index contributed by atoms with van der Waals surface area (Å²) in [6.07, 6.45) is 0. The maximum absolute atomic E-state index is 10.5. The normalized spacial score (nSPS) is 11.4. The smallest absolute Gasteiger partial charge is 0.120 e. The predicted octanol–water partition coefficient (Wildman–Crippen LogP) is 2.79. The molecule has 13 heavy (non-hydrogen) atoms. The Balaban J connectivity index is 2.70. The van der Waals surface area contributed by atoms with Crippen molar-refractivity contribution < 1.29 is 9.84 Å². The molecule has 0 atom stereocenters. The minimum atomic E-state index is -0.182. The molecule has 2 heteroatoms. The Labute approximate surface area is 79.2 Å². The van der Waals surface area contributed by atoms with E-state index < -0.39 is 0 Å². The number of benzene rings is 1. The molecule has 0 heterocycles. The summed E-state index contributed by atoms with van der Waals surface area (Å²) in [6, 6.07) is 7.26. The minimum Gasteiger partial charge on any atom is -0.488 e. The molecule has 71 valence electrons. The fourth-order valence-electron chi connectivity index (χ4n) is 1.01. The summed E-state index contributed by atoms with van der Waals surface area (Å²) >= 11 is 0. The molecule has 1 rings (SSSR count). The molecule has 1 aromatic carbocycles. The summed E-state index contributed by atoms with van der Waals surface area (Å²) in [5, 5.41) is 10.5. The summed E-state index contributed by atoms with van der Waals surface area (Å²) in [6.45, 7) is 5.81. The van der Waals surface area contributed by atoms with Crippen molar-refractivity contribution in [2.45, 2.75) is 33.0 Å². The first-order valence-electron chi connectivity index (χ1n) is 4.37. The highest BCUT2D eigenvalue weighted by molar-refractivity contribution is 5.27. The molecule has 0 saturated heterocycles. The average Bonchev–Trinajstić information content (AvgIpc) is 2.03. The summed E-state index contributed by atoms with van der Waals surface area (Å²) in [5.74, 6) is 0.810. The van der Waals surface area contributed by atoms with Crippen LogP contribution in [0.3, 0.4) is 0 Å². The van der Waals surface area contributed by atoms with Gasteiger partial charge in [0.2, 0.25) is 0 Å². The van der Waals surface area contributed by atoms with Crippen LogP contribution < -0.4 is 4.74 Å². The molecule has 0 aliphatic heterocycles. The Bertz CT molecular complexity index is 256. The third-order valence-corrected chi connectivity index (χ3v) is 1.51. The van der Waals surface area contributed by atoms with Gasteiger partial charge in [0.25, 0.3) is 0 Å². The Morgan fingerprint density at radius 3 is 2.08 bits per heavy atom. The van der Waals surface area contributed by atoms with E-state index in [0.717, 1.165) is 11.3 Å². The van der Waals surface area contributed by atoms with Gasteiger partial charge in [-0.2, -0.15) is 0 Å². The molecule has 0 amide bonds. The highest BCUT2D eigenvalue weighted by atomic mass is 16.5. The quantitative estimate of drug-likeness (QED) is 0.686. The van der Waals surface area contributed by atoms with E-state index in [2.05, 4.69) is 0 Å². The maximum atomic E-state index is 10.5. The molecule has 0 aliphatic rings. The van der Waals surface area contributed by atoms with E-state index in [0.29, 0.717) is 0 Å². The zero-order chi connectivity index (χ0) is 9.90.